The maximum Gasteiger partial charge on any atom is 0.246 e. The molecule has 2 aromatic heterocycles. The molecule has 1 atom stereocenters. The van der Waals surface area contributed by atoms with Crippen molar-refractivity contribution < 1.29 is 13.9 Å². The van der Waals surface area contributed by atoms with Crippen molar-refractivity contribution in [3.63, 3.8) is 0 Å². The zero-order chi connectivity index (χ0) is 28.5. The third-order valence-electron chi connectivity index (χ3n) is 7.76. The van der Waals surface area contributed by atoms with Crippen LogP contribution in [0.25, 0.3) is 22.2 Å². The molecule has 0 spiro atoms. The van der Waals surface area contributed by atoms with E-state index >= 15 is 0 Å². The number of aromatic nitrogens is 3. The molecule has 0 unspecified atom stereocenters. The molecule has 1 aliphatic heterocycles. The van der Waals surface area contributed by atoms with E-state index in [0.717, 1.165) is 12.1 Å². The minimum absolute atomic E-state index is 0.0325. The number of carbonyl (C=O) groups is 1. The lowest BCUT2D eigenvalue weighted by Crippen LogP contribution is -2.28. The Morgan fingerprint density at radius 2 is 2.00 bits per heavy atom. The molecule has 4 aromatic rings. The van der Waals surface area contributed by atoms with Gasteiger partial charge in [0.2, 0.25) is 5.91 Å². The normalized spacial score (nSPS) is 17.0. The van der Waals surface area contributed by atoms with Crippen molar-refractivity contribution in [2.45, 2.75) is 31.3 Å². The van der Waals surface area contributed by atoms with E-state index in [1.54, 1.807) is 30.3 Å². The first kappa shape index (κ1) is 26.5. The van der Waals surface area contributed by atoms with Crippen molar-refractivity contribution in [2.75, 3.05) is 32.4 Å². The summed E-state index contributed by atoms with van der Waals surface area (Å²) in [5, 5.41) is 11.0. The smallest absolute Gasteiger partial charge is 0.246 e. The number of rotatable bonds is 8. The summed E-state index contributed by atoms with van der Waals surface area (Å²) in [7, 11) is 2.08. The largest absolute Gasteiger partial charge is 0.457 e. The maximum atomic E-state index is 13.6. The highest BCUT2D eigenvalue weighted by Crippen LogP contribution is 2.40. The van der Waals surface area contributed by atoms with E-state index in [9.17, 15) is 14.4 Å². The third kappa shape index (κ3) is 5.36. The van der Waals surface area contributed by atoms with Gasteiger partial charge in [0.05, 0.1) is 11.4 Å². The van der Waals surface area contributed by atoms with E-state index in [4.69, 9.17) is 10.5 Å². The summed E-state index contributed by atoms with van der Waals surface area (Å²) in [4.78, 5) is 25.7. The predicted octanol–water partition coefficient (Wildman–Crippen LogP) is 4.91. The van der Waals surface area contributed by atoms with Crippen LogP contribution in [0.2, 0.25) is 0 Å². The Balaban J connectivity index is 1.28. The molecule has 6 rings (SSSR count). The highest BCUT2D eigenvalue weighted by molar-refractivity contribution is 6.03. The molecule has 208 valence electrons. The second-order valence-corrected chi connectivity index (χ2v) is 10.5. The van der Waals surface area contributed by atoms with E-state index < -0.39 is 0 Å². The average molecular weight is 552 g/mol. The lowest BCUT2D eigenvalue weighted by atomic mass is 10.0. The fraction of sp³-hybridized carbons (Fsp3) is 0.290. The van der Waals surface area contributed by atoms with Crippen LogP contribution in [0.3, 0.4) is 0 Å². The number of nitrogens with two attached hydrogens (primary N) is 1. The second-order valence-electron chi connectivity index (χ2n) is 10.5. The van der Waals surface area contributed by atoms with Gasteiger partial charge < -0.3 is 19.9 Å². The number of likely N-dealkylation sites (N-methyl/N-ethyl adjacent to an activating group) is 1. The number of nitriles is 1. The van der Waals surface area contributed by atoms with Crippen LogP contribution in [0, 0.1) is 17.1 Å². The number of anilines is 1. The van der Waals surface area contributed by atoms with Gasteiger partial charge >= 0.3 is 0 Å². The van der Waals surface area contributed by atoms with Gasteiger partial charge in [0, 0.05) is 43.4 Å². The number of hydrogen-bond acceptors (Lipinski definition) is 7. The summed E-state index contributed by atoms with van der Waals surface area (Å²) in [5.41, 5.74) is 8.69. The van der Waals surface area contributed by atoms with Gasteiger partial charge in [-0.15, -0.1) is 0 Å². The number of amides is 1. The molecular formula is C31H30FN7O2. The highest BCUT2D eigenvalue weighted by Gasteiger charge is 2.32. The molecule has 0 radical (unpaired) electrons. The van der Waals surface area contributed by atoms with Crippen LogP contribution < -0.4 is 10.5 Å². The molecule has 0 bridgehead atoms. The number of nitrogens with zero attached hydrogens (tertiary/aromatic N) is 6. The summed E-state index contributed by atoms with van der Waals surface area (Å²) in [6.45, 7) is 1.79. The predicted molar refractivity (Wildman–Crippen MR) is 154 cm³/mol. The molecular weight excluding hydrogens is 521 g/mol. The fourth-order valence-corrected chi connectivity index (χ4v) is 5.50. The van der Waals surface area contributed by atoms with E-state index in [1.165, 1.54) is 31.3 Å². The Labute approximate surface area is 237 Å². The number of halogens is 1. The van der Waals surface area contributed by atoms with Crippen LogP contribution >= 0.6 is 0 Å². The van der Waals surface area contributed by atoms with Crippen molar-refractivity contribution in [2.24, 2.45) is 0 Å². The molecule has 2 N–H and O–H groups in total. The Bertz CT molecular complexity index is 1670. The summed E-state index contributed by atoms with van der Waals surface area (Å²) in [6, 6.07) is 16.0. The highest BCUT2D eigenvalue weighted by atomic mass is 19.1. The number of hydrogen-bond donors (Lipinski definition) is 1. The number of nitrogen functional groups attached to an aromatic ring is 1. The van der Waals surface area contributed by atoms with Crippen LogP contribution in [-0.4, -0.2) is 63.0 Å². The monoisotopic (exact) mass is 551 g/mol. The number of ether oxygens (including phenoxy) is 1. The van der Waals surface area contributed by atoms with Gasteiger partial charge in [-0.25, -0.2) is 14.4 Å². The van der Waals surface area contributed by atoms with Gasteiger partial charge in [0.15, 0.2) is 0 Å². The van der Waals surface area contributed by atoms with Gasteiger partial charge in [-0.05, 0) is 56.1 Å². The van der Waals surface area contributed by atoms with Crippen molar-refractivity contribution in [3.05, 3.63) is 78.5 Å². The van der Waals surface area contributed by atoms with Crippen molar-refractivity contribution in [3.8, 4) is 28.7 Å². The van der Waals surface area contributed by atoms with Crippen molar-refractivity contribution in [1.82, 2.24) is 24.3 Å². The summed E-state index contributed by atoms with van der Waals surface area (Å²) < 4.78 is 21.3. The van der Waals surface area contributed by atoms with Crippen LogP contribution in [0.1, 0.15) is 31.0 Å². The molecule has 1 aliphatic carbocycles. The van der Waals surface area contributed by atoms with E-state index in [0.29, 0.717) is 59.3 Å². The Kier molecular flexibility index (Phi) is 7.12. The molecule has 10 heteroatoms. The summed E-state index contributed by atoms with van der Waals surface area (Å²) in [6.07, 6.45) is 8.10. The van der Waals surface area contributed by atoms with Crippen LogP contribution in [0.5, 0.6) is 11.5 Å². The quantitative estimate of drug-likeness (QED) is 0.310. The average Bonchev–Trinajstić information content (AvgIpc) is 3.61. The summed E-state index contributed by atoms with van der Waals surface area (Å²) >= 11 is 0. The fourth-order valence-electron chi connectivity index (χ4n) is 5.50. The zero-order valence-electron chi connectivity index (χ0n) is 22.7. The minimum Gasteiger partial charge on any atom is -0.457 e. The molecule has 2 aromatic carbocycles. The first-order chi connectivity index (χ1) is 19.9. The number of benzene rings is 2. The molecule has 41 heavy (non-hydrogen) atoms. The van der Waals surface area contributed by atoms with Gasteiger partial charge in [-0.2, -0.15) is 5.26 Å². The van der Waals surface area contributed by atoms with Crippen LogP contribution in [0.4, 0.5) is 10.2 Å². The Morgan fingerprint density at radius 3 is 2.73 bits per heavy atom. The topological polar surface area (TPSA) is 113 Å². The van der Waals surface area contributed by atoms with Crippen LogP contribution in [-0.2, 0) is 4.79 Å². The summed E-state index contributed by atoms with van der Waals surface area (Å²) in [5.74, 6) is 0.760. The lowest BCUT2D eigenvalue weighted by Gasteiger charge is -2.17. The van der Waals surface area contributed by atoms with Crippen LogP contribution in [0.15, 0.2) is 67.0 Å². The maximum absolute atomic E-state index is 13.6. The van der Waals surface area contributed by atoms with Crippen molar-refractivity contribution in [1.29, 1.82) is 5.26 Å². The first-order valence-electron chi connectivity index (χ1n) is 13.7. The molecule has 3 heterocycles. The van der Waals surface area contributed by atoms with Gasteiger partial charge in [-0.3, -0.25) is 9.69 Å². The Morgan fingerprint density at radius 1 is 1.20 bits per heavy atom. The molecule has 9 nitrogen and oxygen atoms in total. The van der Waals surface area contributed by atoms with Gasteiger partial charge in [-0.1, -0.05) is 24.3 Å². The number of carbonyl (C=O) groups excluding carboxylic acids is 1. The molecule has 2 fully saturated rings. The number of likely N-dealkylation sites (tertiary alicyclic amines) is 1. The molecule has 1 saturated heterocycles. The van der Waals surface area contributed by atoms with Crippen molar-refractivity contribution >= 4 is 22.8 Å². The molecule has 1 saturated carbocycles. The minimum atomic E-state index is -0.384. The second kappa shape index (κ2) is 11.0. The van der Waals surface area contributed by atoms with Gasteiger partial charge in [0.25, 0.3) is 0 Å². The third-order valence-corrected chi connectivity index (χ3v) is 7.76. The zero-order valence-corrected chi connectivity index (χ0v) is 22.7. The molecule has 1 amide bonds. The lowest BCUT2D eigenvalue weighted by molar-refractivity contribution is -0.125. The van der Waals surface area contributed by atoms with Gasteiger partial charge in [0.1, 0.15) is 46.9 Å². The Hall–Kier alpha value is -4.75. The van der Waals surface area contributed by atoms with E-state index in [-0.39, 0.29) is 23.6 Å². The first-order valence-corrected chi connectivity index (χ1v) is 13.7. The van der Waals surface area contributed by atoms with E-state index in [2.05, 4.69) is 28.0 Å². The van der Waals surface area contributed by atoms with E-state index in [1.807, 2.05) is 27.7 Å². The number of fused-ring (bicyclic) bond motifs is 1. The standard InChI is InChI=1S/C31H30FN7O2/c1-37(22-9-10-22)14-3-6-27(40)38-15-13-23(18-38)39-26(17-33)28(29-30(34)35-19-36-31(29)39)20-7-11-24(12-8-20)41-25-5-2-4-21(32)16-25/h2-8,11-12,16,19,22-23H,9-10,13-15,18H2,1H3,(H2,34,35,36)/b6-3+/t23-/m1/s1. The SMILES string of the molecule is CN(C/C=C/C(=O)N1CC[C@@H](n2c(C#N)c(-c3ccc(Oc4cccc(F)c4)cc3)c3c(N)ncnc32)C1)C1CC1. The molecule has 2 aliphatic rings.